The van der Waals surface area contributed by atoms with Gasteiger partial charge in [0, 0.05) is 12.2 Å². The van der Waals surface area contributed by atoms with Crippen LogP contribution < -0.4 is 20.5 Å². The standard InChI is InChI=1S/C17H19N3O5S/c1-25-14-6-2-12(3-7-14)10-11-19-16(21)17(22)20-13-4-8-15(9-5-13)26(18,23)24/h2-9H,10-11H2,1H3,(H,19,21)(H,20,22)(H2,18,23,24). The van der Waals surface area contributed by atoms with E-state index in [4.69, 9.17) is 9.88 Å². The zero-order valence-corrected chi connectivity index (χ0v) is 14.9. The summed E-state index contributed by atoms with van der Waals surface area (Å²) in [6, 6.07) is 12.6. The molecule has 138 valence electrons. The number of rotatable bonds is 6. The van der Waals surface area contributed by atoms with Crippen molar-refractivity contribution in [1.82, 2.24) is 5.32 Å². The largest absolute Gasteiger partial charge is 0.497 e. The number of benzene rings is 2. The second-order valence-corrected chi connectivity index (χ2v) is 6.94. The predicted octanol–water partition coefficient (Wildman–Crippen LogP) is 0.640. The molecule has 0 spiro atoms. The molecule has 2 aromatic rings. The molecule has 4 N–H and O–H groups in total. The molecule has 26 heavy (non-hydrogen) atoms. The minimum atomic E-state index is -3.81. The zero-order chi connectivity index (χ0) is 19.2. The van der Waals surface area contributed by atoms with Crippen LogP contribution in [0.1, 0.15) is 5.56 Å². The lowest BCUT2D eigenvalue weighted by Crippen LogP contribution is -2.36. The summed E-state index contributed by atoms with van der Waals surface area (Å²) >= 11 is 0. The molecular weight excluding hydrogens is 358 g/mol. The lowest BCUT2D eigenvalue weighted by atomic mass is 10.1. The van der Waals surface area contributed by atoms with Crippen LogP contribution >= 0.6 is 0 Å². The first kappa shape index (κ1) is 19.4. The van der Waals surface area contributed by atoms with Gasteiger partial charge in [-0.15, -0.1) is 0 Å². The van der Waals surface area contributed by atoms with Gasteiger partial charge in [-0.05, 0) is 48.4 Å². The van der Waals surface area contributed by atoms with Crippen LogP contribution in [0.25, 0.3) is 0 Å². The van der Waals surface area contributed by atoms with Gasteiger partial charge < -0.3 is 15.4 Å². The van der Waals surface area contributed by atoms with Gasteiger partial charge in [0.05, 0.1) is 12.0 Å². The van der Waals surface area contributed by atoms with Crippen molar-refractivity contribution >= 4 is 27.5 Å². The van der Waals surface area contributed by atoms with Crippen LogP contribution in [0.3, 0.4) is 0 Å². The van der Waals surface area contributed by atoms with E-state index in [9.17, 15) is 18.0 Å². The van der Waals surface area contributed by atoms with Crippen molar-refractivity contribution in [3.8, 4) is 5.75 Å². The monoisotopic (exact) mass is 377 g/mol. The quantitative estimate of drug-likeness (QED) is 0.637. The number of carbonyl (C=O) groups excluding carboxylic acids is 2. The molecular formula is C17H19N3O5S. The van der Waals surface area contributed by atoms with Crippen LogP contribution in [0.5, 0.6) is 5.75 Å². The molecule has 0 heterocycles. The number of carbonyl (C=O) groups is 2. The molecule has 0 radical (unpaired) electrons. The van der Waals surface area contributed by atoms with Gasteiger partial charge in [-0.3, -0.25) is 9.59 Å². The fourth-order valence-electron chi connectivity index (χ4n) is 2.11. The van der Waals surface area contributed by atoms with Crippen molar-refractivity contribution < 1.29 is 22.7 Å². The molecule has 0 bridgehead atoms. The number of methoxy groups -OCH3 is 1. The molecule has 2 rings (SSSR count). The van der Waals surface area contributed by atoms with Crippen LogP contribution in [0.15, 0.2) is 53.4 Å². The van der Waals surface area contributed by atoms with E-state index in [1.807, 2.05) is 24.3 Å². The van der Waals surface area contributed by atoms with E-state index < -0.39 is 21.8 Å². The molecule has 0 aromatic heterocycles. The van der Waals surface area contributed by atoms with Crippen LogP contribution in [-0.4, -0.2) is 33.9 Å². The number of amides is 2. The number of hydrogen-bond donors (Lipinski definition) is 3. The third-order valence-electron chi connectivity index (χ3n) is 3.51. The highest BCUT2D eigenvalue weighted by molar-refractivity contribution is 7.89. The minimum Gasteiger partial charge on any atom is -0.497 e. The molecule has 8 nitrogen and oxygen atoms in total. The van der Waals surface area contributed by atoms with E-state index in [-0.39, 0.29) is 10.6 Å². The predicted molar refractivity (Wildman–Crippen MR) is 96.2 cm³/mol. The summed E-state index contributed by atoms with van der Waals surface area (Å²) in [7, 11) is -2.23. The van der Waals surface area contributed by atoms with Crippen LogP contribution in [-0.2, 0) is 26.0 Å². The molecule has 0 aliphatic carbocycles. The van der Waals surface area contributed by atoms with Crippen molar-refractivity contribution in [2.24, 2.45) is 5.14 Å². The Morgan fingerprint density at radius 2 is 1.62 bits per heavy atom. The second-order valence-electron chi connectivity index (χ2n) is 5.38. The SMILES string of the molecule is COc1ccc(CCNC(=O)C(=O)Nc2ccc(S(N)(=O)=O)cc2)cc1. The van der Waals surface area contributed by atoms with Gasteiger partial charge in [0.25, 0.3) is 0 Å². The first-order valence-electron chi connectivity index (χ1n) is 7.64. The fourth-order valence-corrected chi connectivity index (χ4v) is 2.62. The number of nitrogens with one attached hydrogen (secondary N) is 2. The molecule has 9 heteroatoms. The molecule has 0 atom stereocenters. The molecule has 2 aromatic carbocycles. The summed E-state index contributed by atoms with van der Waals surface area (Å²) in [6.45, 7) is 0.295. The first-order valence-corrected chi connectivity index (χ1v) is 9.19. The Bertz CT molecular complexity index is 878. The summed E-state index contributed by atoms with van der Waals surface area (Å²) in [4.78, 5) is 23.6. The number of anilines is 1. The van der Waals surface area contributed by atoms with E-state index in [2.05, 4.69) is 10.6 Å². The number of ether oxygens (including phenoxy) is 1. The minimum absolute atomic E-state index is 0.0838. The van der Waals surface area contributed by atoms with Crippen LogP contribution in [0.4, 0.5) is 5.69 Å². The normalized spacial score (nSPS) is 10.8. The summed E-state index contributed by atoms with van der Waals surface area (Å²) < 4.78 is 27.4. The second kappa shape index (κ2) is 8.45. The highest BCUT2D eigenvalue weighted by Crippen LogP contribution is 2.13. The van der Waals surface area contributed by atoms with E-state index in [0.29, 0.717) is 13.0 Å². The Kier molecular flexibility index (Phi) is 6.31. The Labute approximate surface area is 151 Å². The van der Waals surface area contributed by atoms with E-state index in [0.717, 1.165) is 11.3 Å². The first-order chi connectivity index (χ1) is 12.3. The summed E-state index contributed by atoms with van der Waals surface area (Å²) in [6.07, 6.45) is 0.562. The molecule has 0 aliphatic heterocycles. The molecule has 0 saturated heterocycles. The zero-order valence-electron chi connectivity index (χ0n) is 14.1. The number of nitrogens with two attached hydrogens (primary N) is 1. The van der Waals surface area contributed by atoms with Gasteiger partial charge in [-0.2, -0.15) is 0 Å². The highest BCUT2D eigenvalue weighted by atomic mass is 32.2. The van der Waals surface area contributed by atoms with Gasteiger partial charge in [-0.25, -0.2) is 13.6 Å². The lowest BCUT2D eigenvalue weighted by molar-refractivity contribution is -0.136. The Hall–Kier alpha value is -2.91. The summed E-state index contributed by atoms with van der Waals surface area (Å²) in [5.41, 5.74) is 1.28. The Morgan fingerprint density at radius 1 is 1.00 bits per heavy atom. The maximum absolute atomic E-state index is 11.8. The topological polar surface area (TPSA) is 128 Å². The average Bonchev–Trinajstić information content (AvgIpc) is 2.62. The van der Waals surface area contributed by atoms with Gasteiger partial charge in [-0.1, -0.05) is 12.1 Å². The van der Waals surface area contributed by atoms with Crippen molar-refractivity contribution in [3.63, 3.8) is 0 Å². The van der Waals surface area contributed by atoms with Gasteiger partial charge in [0.2, 0.25) is 10.0 Å². The average molecular weight is 377 g/mol. The number of sulfonamides is 1. The van der Waals surface area contributed by atoms with Gasteiger partial charge in [0.1, 0.15) is 5.75 Å². The van der Waals surface area contributed by atoms with Crippen LogP contribution in [0.2, 0.25) is 0 Å². The van der Waals surface area contributed by atoms with Crippen molar-refractivity contribution in [2.75, 3.05) is 19.0 Å². The maximum Gasteiger partial charge on any atom is 0.313 e. The lowest BCUT2D eigenvalue weighted by Gasteiger charge is -2.07. The highest BCUT2D eigenvalue weighted by Gasteiger charge is 2.14. The van der Waals surface area contributed by atoms with Crippen LogP contribution in [0, 0.1) is 0 Å². The van der Waals surface area contributed by atoms with Gasteiger partial charge >= 0.3 is 11.8 Å². The third-order valence-corrected chi connectivity index (χ3v) is 4.43. The Morgan fingerprint density at radius 3 is 2.15 bits per heavy atom. The molecule has 0 fully saturated rings. The summed E-state index contributed by atoms with van der Waals surface area (Å²) in [5.74, 6) is -0.886. The third kappa shape index (κ3) is 5.57. The molecule has 0 aliphatic rings. The number of primary sulfonamides is 1. The van der Waals surface area contributed by atoms with E-state index in [1.54, 1.807) is 7.11 Å². The number of hydrogen-bond acceptors (Lipinski definition) is 5. The molecule has 0 saturated carbocycles. The van der Waals surface area contributed by atoms with Gasteiger partial charge in [0.15, 0.2) is 0 Å². The van der Waals surface area contributed by atoms with E-state index in [1.165, 1.54) is 24.3 Å². The molecule has 0 unspecified atom stereocenters. The summed E-state index contributed by atoms with van der Waals surface area (Å²) in [5, 5.41) is 9.89. The Balaban J connectivity index is 1.82. The molecule has 2 amide bonds. The van der Waals surface area contributed by atoms with Crippen molar-refractivity contribution in [2.45, 2.75) is 11.3 Å². The van der Waals surface area contributed by atoms with Crippen molar-refractivity contribution in [1.29, 1.82) is 0 Å². The van der Waals surface area contributed by atoms with Crippen molar-refractivity contribution in [3.05, 3.63) is 54.1 Å². The smallest absolute Gasteiger partial charge is 0.313 e. The van der Waals surface area contributed by atoms with E-state index >= 15 is 0 Å². The fraction of sp³-hybridized carbons (Fsp3) is 0.176. The maximum atomic E-state index is 11.8.